The van der Waals surface area contributed by atoms with Gasteiger partial charge in [-0.15, -0.1) is 0 Å². The summed E-state index contributed by atoms with van der Waals surface area (Å²) in [4.78, 5) is 12.2. The molecule has 0 amide bonds. The molecule has 0 N–H and O–H groups in total. The van der Waals surface area contributed by atoms with E-state index in [-0.39, 0.29) is 5.97 Å². The first kappa shape index (κ1) is 14.5. The fourth-order valence-corrected chi connectivity index (χ4v) is 2.92. The average Bonchev–Trinajstić information content (AvgIpc) is 2.98. The van der Waals surface area contributed by atoms with E-state index in [4.69, 9.17) is 14.2 Å². The Morgan fingerprint density at radius 3 is 2.64 bits per heavy atom. The van der Waals surface area contributed by atoms with Gasteiger partial charge in [0.05, 0.1) is 32.1 Å². The zero-order chi connectivity index (χ0) is 15.7. The van der Waals surface area contributed by atoms with E-state index in [1.165, 1.54) is 0 Å². The van der Waals surface area contributed by atoms with Crippen LogP contribution >= 0.6 is 0 Å². The predicted octanol–water partition coefficient (Wildman–Crippen LogP) is 2.91. The van der Waals surface area contributed by atoms with Crippen molar-refractivity contribution >= 4 is 5.97 Å². The Morgan fingerprint density at radius 1 is 1.23 bits per heavy atom. The van der Waals surface area contributed by atoms with Crippen molar-refractivity contribution in [2.75, 3.05) is 20.8 Å². The zero-order valence-corrected chi connectivity index (χ0v) is 13.0. The van der Waals surface area contributed by atoms with Crippen LogP contribution in [0.1, 0.15) is 22.8 Å². The monoisotopic (exact) mass is 301 g/mol. The smallest absolute Gasteiger partial charge is 0.340 e. The summed E-state index contributed by atoms with van der Waals surface area (Å²) in [6.45, 7) is 3.00. The highest BCUT2D eigenvalue weighted by Crippen LogP contribution is 2.40. The lowest BCUT2D eigenvalue weighted by molar-refractivity contribution is 0.0527. The van der Waals surface area contributed by atoms with Crippen LogP contribution < -0.4 is 9.47 Å². The van der Waals surface area contributed by atoms with Crippen LogP contribution in [0, 0.1) is 0 Å². The van der Waals surface area contributed by atoms with E-state index in [1.807, 2.05) is 31.3 Å². The molecule has 0 radical (unpaired) electrons. The van der Waals surface area contributed by atoms with Crippen molar-refractivity contribution < 1.29 is 19.0 Å². The molecule has 0 bridgehead atoms. The van der Waals surface area contributed by atoms with Crippen LogP contribution in [0.25, 0.3) is 11.3 Å². The molecular formula is C17H19NO4. The Labute approximate surface area is 129 Å². The van der Waals surface area contributed by atoms with Gasteiger partial charge in [-0.25, -0.2) is 4.79 Å². The molecule has 5 nitrogen and oxygen atoms in total. The van der Waals surface area contributed by atoms with E-state index in [2.05, 4.69) is 4.57 Å². The van der Waals surface area contributed by atoms with E-state index in [9.17, 15) is 4.79 Å². The average molecular weight is 301 g/mol. The van der Waals surface area contributed by atoms with Gasteiger partial charge in [0.2, 0.25) is 0 Å². The number of carbonyl (C=O) groups is 1. The summed E-state index contributed by atoms with van der Waals surface area (Å²) in [7, 11) is 3.23. The molecule has 0 fully saturated rings. The highest BCUT2D eigenvalue weighted by atomic mass is 16.5. The van der Waals surface area contributed by atoms with Crippen molar-refractivity contribution in [3.05, 3.63) is 35.5 Å². The third-order valence-corrected chi connectivity index (χ3v) is 3.95. The van der Waals surface area contributed by atoms with Gasteiger partial charge in [0.25, 0.3) is 0 Å². The molecule has 0 spiro atoms. The second kappa shape index (κ2) is 5.75. The Hall–Kier alpha value is -2.43. The number of fused-ring (bicyclic) bond motifs is 3. The number of aryl methyl sites for hydroxylation is 2. The molecule has 1 aliphatic heterocycles. The third-order valence-electron chi connectivity index (χ3n) is 3.95. The van der Waals surface area contributed by atoms with E-state index < -0.39 is 0 Å². The molecule has 2 heterocycles. The van der Waals surface area contributed by atoms with Gasteiger partial charge >= 0.3 is 5.97 Å². The van der Waals surface area contributed by atoms with Crippen LogP contribution in [0.4, 0.5) is 0 Å². The molecular weight excluding hydrogens is 282 g/mol. The van der Waals surface area contributed by atoms with Crippen LogP contribution in [-0.2, 0) is 17.7 Å². The number of nitrogens with zero attached hydrogens (tertiary/aromatic N) is 1. The summed E-state index contributed by atoms with van der Waals surface area (Å²) >= 11 is 0. The Bertz CT molecular complexity index is 718. The van der Waals surface area contributed by atoms with Gasteiger partial charge in [-0.1, -0.05) is 0 Å². The summed E-state index contributed by atoms with van der Waals surface area (Å²) in [6, 6.07) is 5.74. The second-order valence-electron chi connectivity index (χ2n) is 5.11. The first-order valence-electron chi connectivity index (χ1n) is 7.31. The molecule has 22 heavy (non-hydrogen) atoms. The van der Waals surface area contributed by atoms with E-state index >= 15 is 0 Å². The Kier molecular flexibility index (Phi) is 3.79. The van der Waals surface area contributed by atoms with Crippen molar-refractivity contribution in [3.63, 3.8) is 0 Å². The summed E-state index contributed by atoms with van der Waals surface area (Å²) < 4.78 is 18.0. The molecule has 116 valence electrons. The quantitative estimate of drug-likeness (QED) is 0.815. The molecule has 0 aliphatic carbocycles. The molecule has 3 rings (SSSR count). The van der Waals surface area contributed by atoms with Crippen LogP contribution in [-0.4, -0.2) is 31.4 Å². The van der Waals surface area contributed by atoms with Crippen molar-refractivity contribution in [1.82, 2.24) is 4.57 Å². The maximum Gasteiger partial charge on any atom is 0.340 e. The summed E-state index contributed by atoms with van der Waals surface area (Å²) in [5.74, 6) is 1.07. The number of methoxy groups -OCH3 is 2. The van der Waals surface area contributed by atoms with Gasteiger partial charge in [0.15, 0.2) is 11.5 Å². The molecule has 1 aliphatic rings. The van der Waals surface area contributed by atoms with Crippen molar-refractivity contribution in [2.24, 2.45) is 0 Å². The van der Waals surface area contributed by atoms with Gasteiger partial charge in [0.1, 0.15) is 0 Å². The summed E-state index contributed by atoms with van der Waals surface area (Å²) in [5.41, 5.74) is 3.63. The Morgan fingerprint density at radius 2 is 1.95 bits per heavy atom. The normalized spacial score (nSPS) is 12.3. The molecule has 0 atom stereocenters. The number of aromatic nitrogens is 1. The second-order valence-corrected chi connectivity index (χ2v) is 5.11. The summed E-state index contributed by atoms with van der Waals surface area (Å²) in [5, 5.41) is 0. The van der Waals surface area contributed by atoms with Crippen molar-refractivity contribution in [2.45, 2.75) is 19.9 Å². The van der Waals surface area contributed by atoms with Crippen LogP contribution in [0.2, 0.25) is 0 Å². The maximum absolute atomic E-state index is 12.2. The van der Waals surface area contributed by atoms with Gasteiger partial charge in [-0.3, -0.25) is 0 Å². The van der Waals surface area contributed by atoms with Gasteiger partial charge in [-0.2, -0.15) is 0 Å². The first-order chi connectivity index (χ1) is 10.7. The van der Waals surface area contributed by atoms with E-state index in [0.29, 0.717) is 23.7 Å². The van der Waals surface area contributed by atoms with Gasteiger partial charge in [0, 0.05) is 18.3 Å². The first-order valence-corrected chi connectivity index (χ1v) is 7.31. The lowest BCUT2D eigenvalue weighted by Crippen LogP contribution is -2.13. The van der Waals surface area contributed by atoms with E-state index in [1.54, 1.807) is 14.2 Å². The summed E-state index contributed by atoms with van der Waals surface area (Å²) in [6.07, 6.45) is 2.82. The standard InChI is InChI=1S/C17H19NO4/c1-4-22-17(19)12-6-8-18-7-5-11-9-14(20-2)15(21-3)10-13(11)16(12)18/h6,8-10H,4-5,7H2,1-3H3. The molecule has 0 saturated carbocycles. The minimum atomic E-state index is -0.293. The number of carbonyl (C=O) groups excluding carboxylic acids is 1. The molecule has 5 heteroatoms. The Balaban J connectivity index is 2.16. The number of hydrogen-bond acceptors (Lipinski definition) is 4. The van der Waals surface area contributed by atoms with Crippen molar-refractivity contribution in [3.8, 4) is 22.8 Å². The zero-order valence-electron chi connectivity index (χ0n) is 13.0. The predicted molar refractivity (Wildman–Crippen MR) is 82.6 cm³/mol. The number of rotatable bonds is 4. The minimum Gasteiger partial charge on any atom is -0.493 e. The largest absolute Gasteiger partial charge is 0.493 e. The number of ether oxygens (including phenoxy) is 3. The number of esters is 1. The minimum absolute atomic E-state index is 0.293. The molecule has 2 aromatic rings. The highest BCUT2D eigenvalue weighted by Gasteiger charge is 2.25. The van der Waals surface area contributed by atoms with Gasteiger partial charge < -0.3 is 18.8 Å². The third kappa shape index (κ3) is 2.22. The highest BCUT2D eigenvalue weighted by molar-refractivity contribution is 5.97. The maximum atomic E-state index is 12.2. The fourth-order valence-electron chi connectivity index (χ4n) is 2.92. The van der Waals surface area contributed by atoms with Crippen molar-refractivity contribution in [1.29, 1.82) is 0 Å². The van der Waals surface area contributed by atoms with Gasteiger partial charge in [-0.05, 0) is 37.1 Å². The van der Waals surface area contributed by atoms with Crippen LogP contribution in [0.5, 0.6) is 11.5 Å². The fraction of sp³-hybridized carbons (Fsp3) is 0.353. The SMILES string of the molecule is CCOC(=O)c1ccn2c1-c1cc(OC)c(OC)cc1CC2. The molecule has 1 aromatic heterocycles. The molecule has 0 saturated heterocycles. The lowest BCUT2D eigenvalue weighted by atomic mass is 9.95. The topological polar surface area (TPSA) is 49.7 Å². The number of benzene rings is 1. The van der Waals surface area contributed by atoms with E-state index in [0.717, 1.165) is 29.8 Å². The molecule has 1 aromatic carbocycles. The lowest BCUT2D eigenvalue weighted by Gasteiger charge is -2.22. The molecule has 0 unspecified atom stereocenters. The van der Waals surface area contributed by atoms with Crippen LogP contribution in [0.3, 0.4) is 0 Å². The van der Waals surface area contributed by atoms with Crippen LogP contribution in [0.15, 0.2) is 24.4 Å². The number of hydrogen-bond donors (Lipinski definition) is 0.